The Kier molecular flexibility index (Phi) is 10.5. The molecule has 6 rings (SSSR count). The van der Waals surface area contributed by atoms with E-state index in [-0.39, 0.29) is 46.6 Å². The third kappa shape index (κ3) is 6.59. The highest BCUT2D eigenvalue weighted by Crippen LogP contribution is 2.61. The molecule has 4 saturated heterocycles. The van der Waals surface area contributed by atoms with Crippen LogP contribution in [0.2, 0.25) is 0 Å². The number of methoxy groups -OCH3 is 2. The van der Waals surface area contributed by atoms with Gasteiger partial charge in [-0.15, -0.1) is 0 Å². The van der Waals surface area contributed by atoms with Crippen LogP contribution in [0.3, 0.4) is 0 Å². The molecule has 42 heavy (non-hydrogen) atoms. The minimum atomic E-state index is -0.132. The van der Waals surface area contributed by atoms with Crippen LogP contribution in [0.15, 0.2) is 23.8 Å². The average Bonchev–Trinajstić information content (AvgIpc) is 3.82. The Bertz CT molecular complexity index is 964. The lowest BCUT2D eigenvalue weighted by Gasteiger charge is -2.42. The third-order valence-corrected chi connectivity index (χ3v) is 11.1. The van der Waals surface area contributed by atoms with E-state index >= 15 is 0 Å². The molecule has 0 aromatic carbocycles. The molecule has 7 heteroatoms. The molecular formula is C35H60O7. The second-order valence-electron chi connectivity index (χ2n) is 14.8. The Morgan fingerprint density at radius 1 is 0.976 bits per heavy atom. The molecule has 1 N–H and O–H groups in total. The van der Waals surface area contributed by atoms with Crippen molar-refractivity contribution in [2.45, 2.75) is 140 Å². The molecule has 4 aliphatic heterocycles. The molecule has 1 unspecified atom stereocenters. The molecule has 4 heterocycles. The Labute approximate surface area is 255 Å². The zero-order valence-electron chi connectivity index (χ0n) is 28.2. The lowest BCUT2D eigenvalue weighted by atomic mass is 9.66. The summed E-state index contributed by atoms with van der Waals surface area (Å²) in [6, 6.07) is 0. The number of rotatable bonds is 9. The molecule has 2 saturated carbocycles. The number of aliphatic hydroxyl groups excluding tert-OH is 1. The lowest BCUT2D eigenvalue weighted by molar-refractivity contribution is -0.0776. The second-order valence-corrected chi connectivity index (χ2v) is 14.8. The van der Waals surface area contributed by atoms with E-state index in [1.54, 1.807) is 7.11 Å². The predicted molar refractivity (Wildman–Crippen MR) is 166 cm³/mol. The first-order valence-electron chi connectivity index (χ1n) is 16.3. The maximum atomic E-state index is 7.00. The van der Waals surface area contributed by atoms with Gasteiger partial charge in [-0.05, 0) is 90.0 Å². The van der Waals surface area contributed by atoms with Crippen LogP contribution < -0.4 is 0 Å². The fourth-order valence-electron chi connectivity index (χ4n) is 8.32. The van der Waals surface area contributed by atoms with Crippen molar-refractivity contribution in [2.24, 2.45) is 23.7 Å². The van der Waals surface area contributed by atoms with Gasteiger partial charge in [-0.1, -0.05) is 39.0 Å². The van der Waals surface area contributed by atoms with E-state index in [2.05, 4.69) is 61.1 Å². The van der Waals surface area contributed by atoms with Gasteiger partial charge in [0.1, 0.15) is 16.8 Å². The minimum absolute atomic E-state index is 0.0175. The van der Waals surface area contributed by atoms with Crippen molar-refractivity contribution < 1.29 is 33.5 Å². The fraction of sp³-hybridized carbons (Fsp3) is 0.886. The molecule has 0 radical (unpaired) electrons. The fourth-order valence-corrected chi connectivity index (χ4v) is 8.32. The Morgan fingerprint density at radius 2 is 1.55 bits per heavy atom. The molecule has 0 aromatic rings. The highest BCUT2D eigenvalue weighted by Gasteiger charge is 2.72. The SMILES string of the molecule is C=C1CC[C@]2(CO2)[C@@H]([C@@]2(C)O[C@@H]2CC=C(C)C)[C@@H]1OC.CO.CO[C@@H]1C(C)CC[C@]2(CO2)[C@H]1[C@@]1(C)O[C@@H]1CCC(C)C. The van der Waals surface area contributed by atoms with Gasteiger partial charge >= 0.3 is 0 Å². The molecular weight excluding hydrogens is 532 g/mol. The molecule has 0 amide bonds. The molecule has 0 aromatic heterocycles. The predicted octanol–water partition coefficient (Wildman–Crippen LogP) is 6.27. The molecule has 6 aliphatic rings. The Balaban J connectivity index is 0.000000182. The largest absolute Gasteiger partial charge is 0.400 e. The highest BCUT2D eigenvalue weighted by molar-refractivity contribution is 5.27. The summed E-state index contributed by atoms with van der Waals surface area (Å²) in [6.07, 6.45) is 11.1. The maximum Gasteiger partial charge on any atom is 0.101 e. The normalized spacial score (nSPS) is 46.4. The van der Waals surface area contributed by atoms with Gasteiger partial charge in [0.25, 0.3) is 0 Å². The molecule has 2 aliphatic carbocycles. The number of hydrogen-bond donors (Lipinski definition) is 1. The topological polar surface area (TPSA) is 88.8 Å². The van der Waals surface area contributed by atoms with Gasteiger partial charge in [0.2, 0.25) is 0 Å². The van der Waals surface area contributed by atoms with E-state index in [9.17, 15) is 0 Å². The van der Waals surface area contributed by atoms with Gasteiger partial charge in [-0.25, -0.2) is 0 Å². The zero-order valence-corrected chi connectivity index (χ0v) is 28.2. The van der Waals surface area contributed by atoms with Crippen molar-refractivity contribution in [3.05, 3.63) is 23.8 Å². The van der Waals surface area contributed by atoms with E-state index in [1.807, 2.05) is 7.11 Å². The first-order valence-corrected chi connectivity index (χ1v) is 16.3. The zero-order chi connectivity index (χ0) is 31.1. The van der Waals surface area contributed by atoms with Gasteiger partial charge in [0, 0.05) is 27.2 Å². The minimum Gasteiger partial charge on any atom is -0.400 e. The first kappa shape index (κ1) is 34.1. The summed E-state index contributed by atoms with van der Waals surface area (Å²) in [5.41, 5.74) is 2.42. The van der Waals surface area contributed by atoms with E-state index in [0.717, 1.165) is 45.5 Å². The molecule has 11 atom stereocenters. The van der Waals surface area contributed by atoms with E-state index in [1.165, 1.54) is 36.8 Å². The molecule has 7 nitrogen and oxygen atoms in total. The smallest absolute Gasteiger partial charge is 0.101 e. The van der Waals surface area contributed by atoms with Crippen LogP contribution in [0.1, 0.15) is 93.4 Å². The monoisotopic (exact) mass is 592 g/mol. The number of aliphatic hydroxyl groups is 1. The summed E-state index contributed by atoms with van der Waals surface area (Å²) in [6.45, 7) is 21.6. The molecule has 6 fully saturated rings. The van der Waals surface area contributed by atoms with Gasteiger partial charge in [-0.2, -0.15) is 0 Å². The van der Waals surface area contributed by atoms with Crippen LogP contribution in [0.5, 0.6) is 0 Å². The van der Waals surface area contributed by atoms with Crippen molar-refractivity contribution in [2.75, 3.05) is 34.5 Å². The van der Waals surface area contributed by atoms with Gasteiger partial charge in [0.05, 0.1) is 49.1 Å². The van der Waals surface area contributed by atoms with Crippen LogP contribution in [0.25, 0.3) is 0 Å². The number of epoxide rings is 4. The third-order valence-electron chi connectivity index (χ3n) is 11.1. The summed E-state index contributed by atoms with van der Waals surface area (Å²) < 4.78 is 35.7. The van der Waals surface area contributed by atoms with Gasteiger partial charge in [-0.3, -0.25) is 0 Å². The second kappa shape index (κ2) is 12.9. The Morgan fingerprint density at radius 3 is 2.07 bits per heavy atom. The molecule has 242 valence electrons. The first-order chi connectivity index (χ1) is 19.9. The Hall–Kier alpha value is -0.800. The van der Waals surface area contributed by atoms with Crippen LogP contribution in [-0.2, 0) is 28.4 Å². The van der Waals surface area contributed by atoms with Crippen molar-refractivity contribution in [3.63, 3.8) is 0 Å². The summed E-state index contributed by atoms with van der Waals surface area (Å²) in [7, 11) is 4.63. The highest BCUT2D eigenvalue weighted by atomic mass is 16.6. The van der Waals surface area contributed by atoms with Gasteiger partial charge in [0.15, 0.2) is 0 Å². The molecule has 2 spiro atoms. The van der Waals surface area contributed by atoms with E-state index in [0.29, 0.717) is 17.9 Å². The summed E-state index contributed by atoms with van der Waals surface area (Å²) in [5.74, 6) is 2.03. The number of hydrogen-bond acceptors (Lipinski definition) is 7. The molecule has 0 bridgehead atoms. The van der Waals surface area contributed by atoms with Crippen LogP contribution in [0, 0.1) is 23.7 Å². The number of ether oxygens (including phenoxy) is 6. The quantitative estimate of drug-likeness (QED) is 0.249. The van der Waals surface area contributed by atoms with E-state index < -0.39 is 0 Å². The number of allylic oxidation sites excluding steroid dienone is 1. The van der Waals surface area contributed by atoms with E-state index in [4.69, 9.17) is 33.5 Å². The summed E-state index contributed by atoms with van der Waals surface area (Å²) in [4.78, 5) is 0. The summed E-state index contributed by atoms with van der Waals surface area (Å²) >= 11 is 0. The van der Waals surface area contributed by atoms with Crippen LogP contribution in [-0.4, -0.2) is 86.5 Å². The van der Waals surface area contributed by atoms with Crippen molar-refractivity contribution >= 4 is 0 Å². The average molecular weight is 593 g/mol. The van der Waals surface area contributed by atoms with Crippen LogP contribution in [0.4, 0.5) is 0 Å². The standard InChI is InChI=1S/C17H30O3.C17H26O3.CH4O/c2*1-11(2)6-7-13-16(4,20-13)15-14(18-5)12(3)8-9-17(15)10-19-17;1-2/h11-15H,6-10H2,1-5H3;6,13-15H,3,7-10H2,1-2,4-5H3;2H,1H3/t12?,13-,14-,15-,16+,17+;13-,14-,15-,16+,17+;/m11./s1. The van der Waals surface area contributed by atoms with Crippen molar-refractivity contribution in [1.29, 1.82) is 0 Å². The lowest BCUT2D eigenvalue weighted by Crippen LogP contribution is -2.52. The van der Waals surface area contributed by atoms with Crippen LogP contribution >= 0.6 is 0 Å². The summed E-state index contributed by atoms with van der Waals surface area (Å²) in [5, 5.41) is 7.00. The maximum absolute atomic E-state index is 7.00. The van der Waals surface area contributed by atoms with Gasteiger partial charge < -0.3 is 33.5 Å². The van der Waals surface area contributed by atoms with Crippen molar-refractivity contribution in [3.8, 4) is 0 Å². The van der Waals surface area contributed by atoms with Crippen molar-refractivity contribution in [1.82, 2.24) is 0 Å².